The number of nitrogens with zero attached hydrogens (tertiary/aromatic N) is 1. The van der Waals surface area contributed by atoms with Gasteiger partial charge in [0.1, 0.15) is 24.7 Å². The number of likely N-dealkylation sites (tertiary alicyclic amines) is 1. The Morgan fingerprint density at radius 2 is 1.61 bits per heavy atom. The van der Waals surface area contributed by atoms with Gasteiger partial charge < -0.3 is 30.9 Å². The average molecular weight is 710 g/mol. The van der Waals surface area contributed by atoms with Gasteiger partial charge in [-0.3, -0.25) is 19.2 Å². The summed E-state index contributed by atoms with van der Waals surface area (Å²) >= 11 is 0. The summed E-state index contributed by atoms with van der Waals surface area (Å²) < 4.78 is 5.63. The van der Waals surface area contributed by atoms with Crippen LogP contribution in [0.4, 0.5) is 4.79 Å². The zero-order valence-corrected chi connectivity index (χ0v) is 31.5. The van der Waals surface area contributed by atoms with Crippen LogP contribution in [0.2, 0.25) is 0 Å². The molecule has 1 aliphatic carbocycles. The van der Waals surface area contributed by atoms with Crippen LogP contribution in [-0.2, 0) is 35.3 Å². The second kappa shape index (κ2) is 18.3. The van der Waals surface area contributed by atoms with Crippen LogP contribution in [-0.4, -0.2) is 77.7 Å². The molecule has 0 radical (unpaired) electrons. The quantitative estimate of drug-likeness (QED) is 0.119. The fraction of sp³-hybridized carbons (Fsp3) is 0.641. The molecule has 1 saturated heterocycles. The molecule has 3 rings (SSSR count). The van der Waals surface area contributed by atoms with Gasteiger partial charge in [-0.05, 0) is 53.9 Å². The first-order valence-electron chi connectivity index (χ1n) is 18.3. The molecule has 1 saturated carbocycles. The molecule has 2 aliphatic rings. The van der Waals surface area contributed by atoms with Crippen molar-refractivity contribution in [3.8, 4) is 0 Å². The summed E-state index contributed by atoms with van der Waals surface area (Å²) in [7, 11) is 0. The Labute approximate surface area is 303 Å². The van der Waals surface area contributed by atoms with E-state index in [4.69, 9.17) is 4.74 Å². The van der Waals surface area contributed by atoms with E-state index in [9.17, 15) is 28.8 Å². The first-order valence-corrected chi connectivity index (χ1v) is 18.3. The number of rotatable bonds is 15. The highest BCUT2D eigenvalue weighted by atomic mass is 16.5. The summed E-state index contributed by atoms with van der Waals surface area (Å²) in [5.74, 6) is -3.25. The zero-order valence-electron chi connectivity index (χ0n) is 31.5. The third-order valence-corrected chi connectivity index (χ3v) is 9.98. The van der Waals surface area contributed by atoms with Crippen molar-refractivity contribution in [2.75, 3.05) is 13.1 Å². The van der Waals surface area contributed by atoms with Crippen molar-refractivity contribution in [1.82, 2.24) is 26.2 Å². The number of urea groups is 1. The highest BCUT2D eigenvalue weighted by Gasteiger charge is 2.48. The second-order valence-corrected chi connectivity index (χ2v) is 16.1. The van der Waals surface area contributed by atoms with E-state index in [0.29, 0.717) is 12.8 Å². The number of carbonyl (C=O) groups is 6. The maximum Gasteiger partial charge on any atom is 0.329 e. The van der Waals surface area contributed by atoms with Gasteiger partial charge in [0.2, 0.25) is 17.6 Å². The van der Waals surface area contributed by atoms with Crippen molar-refractivity contribution >= 4 is 35.5 Å². The van der Waals surface area contributed by atoms with Gasteiger partial charge in [0.05, 0.1) is 6.04 Å². The number of ketones is 1. The molecule has 1 aliphatic heterocycles. The van der Waals surface area contributed by atoms with Gasteiger partial charge in [0.25, 0.3) is 5.91 Å². The topological polar surface area (TPSA) is 163 Å². The average Bonchev–Trinajstić information content (AvgIpc) is 3.78. The van der Waals surface area contributed by atoms with E-state index in [-0.39, 0.29) is 43.4 Å². The fourth-order valence-corrected chi connectivity index (χ4v) is 6.80. The summed E-state index contributed by atoms with van der Waals surface area (Å²) in [5.41, 5.74) is -0.207. The zero-order chi connectivity index (χ0) is 37.9. The van der Waals surface area contributed by atoms with E-state index in [1.54, 1.807) is 0 Å². The molecule has 5 atom stereocenters. The molecular weight excluding hydrogens is 650 g/mol. The highest BCUT2D eigenvalue weighted by molar-refractivity contribution is 6.38. The summed E-state index contributed by atoms with van der Waals surface area (Å²) in [6.45, 7) is 17.4. The molecule has 12 heteroatoms. The van der Waals surface area contributed by atoms with Crippen LogP contribution in [0.15, 0.2) is 43.0 Å². The first-order chi connectivity index (χ1) is 24.0. The lowest BCUT2D eigenvalue weighted by Crippen LogP contribution is -2.61. The van der Waals surface area contributed by atoms with Crippen LogP contribution < -0.4 is 21.3 Å². The minimum absolute atomic E-state index is 0.0611. The minimum Gasteiger partial charge on any atom is -0.459 e. The van der Waals surface area contributed by atoms with Gasteiger partial charge in [-0.2, -0.15) is 0 Å². The Balaban J connectivity index is 1.82. The van der Waals surface area contributed by atoms with E-state index in [0.717, 1.165) is 31.2 Å². The van der Waals surface area contributed by atoms with Gasteiger partial charge in [-0.1, -0.05) is 104 Å². The Morgan fingerprint density at radius 3 is 2.18 bits per heavy atom. The van der Waals surface area contributed by atoms with Gasteiger partial charge in [-0.15, -0.1) is 6.58 Å². The van der Waals surface area contributed by atoms with Crippen molar-refractivity contribution in [3.63, 3.8) is 0 Å². The Hall–Kier alpha value is -4.22. The molecule has 1 unspecified atom stereocenters. The smallest absolute Gasteiger partial charge is 0.329 e. The molecule has 282 valence electrons. The highest BCUT2D eigenvalue weighted by Crippen LogP contribution is 2.38. The van der Waals surface area contributed by atoms with Crippen LogP contribution in [0.1, 0.15) is 99.0 Å². The molecule has 4 N–H and O–H groups in total. The van der Waals surface area contributed by atoms with Crippen LogP contribution in [0.3, 0.4) is 0 Å². The molecule has 12 nitrogen and oxygen atoms in total. The molecule has 1 aromatic carbocycles. The summed E-state index contributed by atoms with van der Waals surface area (Å²) in [6.07, 6.45) is 6.01. The molecular formula is C39H59N5O7. The van der Waals surface area contributed by atoms with Gasteiger partial charge in [0, 0.05) is 13.1 Å². The van der Waals surface area contributed by atoms with E-state index in [1.807, 2.05) is 78.8 Å². The summed E-state index contributed by atoms with van der Waals surface area (Å²) in [4.78, 5) is 82.4. The molecule has 1 aromatic rings. The minimum atomic E-state index is -1.06. The monoisotopic (exact) mass is 709 g/mol. The number of benzene rings is 1. The SMILES string of the molecule is C=CCNC(=O)C(=O)C(CCC)NC(=O)[C@@H]1C[C@@H](C(C)(C)C)CN1C(=O)[C@@H](NC(=O)N[C@H](C(=O)OCc1ccccc1)C1CCCC1)C(C)(C)C. The van der Waals surface area contributed by atoms with Crippen molar-refractivity contribution in [1.29, 1.82) is 0 Å². The maximum atomic E-state index is 14.5. The lowest BCUT2D eigenvalue weighted by Gasteiger charge is -2.36. The summed E-state index contributed by atoms with van der Waals surface area (Å²) in [5, 5.41) is 10.9. The van der Waals surface area contributed by atoms with Crippen molar-refractivity contribution in [2.24, 2.45) is 22.7 Å². The third-order valence-electron chi connectivity index (χ3n) is 9.98. The number of carbonyl (C=O) groups excluding carboxylic acids is 6. The van der Waals surface area contributed by atoms with Crippen LogP contribution in [0.25, 0.3) is 0 Å². The Kier molecular flexibility index (Phi) is 14.8. The molecule has 51 heavy (non-hydrogen) atoms. The number of hydrogen-bond acceptors (Lipinski definition) is 7. The normalized spacial score (nSPS) is 19.7. The van der Waals surface area contributed by atoms with Crippen LogP contribution in [0.5, 0.6) is 0 Å². The van der Waals surface area contributed by atoms with Crippen LogP contribution >= 0.6 is 0 Å². The standard InChI is InChI=1S/C39H59N5O7/c1-9-16-28(31(45)34(47)40-21-10-2)41-33(46)29-22-27(38(3,4)5)23-44(29)35(48)32(39(6,7)8)43-37(50)42-30(26-19-14-15-20-26)36(49)51-24-25-17-12-11-13-18-25/h10-13,17-18,26-30,32H,2,9,14-16,19-24H2,1,3-8H3,(H,40,47)(H,41,46)(H2,42,43,50)/t27-,28?,29+,30+,32-/m1/s1. The van der Waals surface area contributed by atoms with Crippen LogP contribution in [0, 0.1) is 22.7 Å². The number of Topliss-reactive ketones (excluding diaryl/α,β-unsaturated/α-hetero) is 1. The van der Waals surface area contributed by atoms with Gasteiger partial charge >= 0.3 is 12.0 Å². The molecule has 5 amide bonds. The molecule has 0 aromatic heterocycles. The maximum absolute atomic E-state index is 14.5. The Bertz CT molecular complexity index is 1390. The molecule has 1 heterocycles. The number of esters is 1. The van der Waals surface area contributed by atoms with E-state index in [2.05, 4.69) is 27.8 Å². The van der Waals surface area contributed by atoms with Crippen molar-refractivity contribution < 1.29 is 33.5 Å². The summed E-state index contributed by atoms with van der Waals surface area (Å²) in [6, 6.07) is 4.69. The fourth-order valence-electron chi connectivity index (χ4n) is 6.80. The molecule has 0 bridgehead atoms. The second-order valence-electron chi connectivity index (χ2n) is 16.1. The predicted octanol–water partition coefficient (Wildman–Crippen LogP) is 4.42. The van der Waals surface area contributed by atoms with E-state index >= 15 is 0 Å². The number of amides is 5. The van der Waals surface area contributed by atoms with E-state index in [1.165, 1.54) is 11.0 Å². The number of ether oxygens (including phenoxy) is 1. The van der Waals surface area contributed by atoms with Gasteiger partial charge in [-0.25, -0.2) is 9.59 Å². The Morgan fingerprint density at radius 1 is 0.961 bits per heavy atom. The largest absolute Gasteiger partial charge is 0.459 e. The number of nitrogens with one attached hydrogen (secondary N) is 4. The lowest BCUT2D eigenvalue weighted by atomic mass is 9.79. The lowest BCUT2D eigenvalue weighted by molar-refractivity contribution is -0.148. The van der Waals surface area contributed by atoms with E-state index < -0.39 is 65.1 Å². The van der Waals surface area contributed by atoms with Crippen molar-refractivity contribution in [2.45, 2.75) is 124 Å². The molecule has 0 spiro atoms. The molecule has 2 fully saturated rings. The third kappa shape index (κ3) is 11.7. The van der Waals surface area contributed by atoms with Gasteiger partial charge in [0.15, 0.2) is 0 Å². The predicted molar refractivity (Wildman–Crippen MR) is 195 cm³/mol. The van der Waals surface area contributed by atoms with Crippen molar-refractivity contribution in [3.05, 3.63) is 48.6 Å². The number of hydrogen-bond donors (Lipinski definition) is 4. The first kappa shape index (κ1) is 41.2.